The Hall–Kier alpha value is -3.41. The van der Waals surface area contributed by atoms with E-state index in [0.29, 0.717) is 11.3 Å². The first-order valence-corrected chi connectivity index (χ1v) is 7.80. The van der Waals surface area contributed by atoms with E-state index < -0.39 is 0 Å². The lowest BCUT2D eigenvalue weighted by Crippen LogP contribution is -2.18. The molecule has 3 aromatic rings. The first-order valence-electron chi connectivity index (χ1n) is 7.80. The van der Waals surface area contributed by atoms with Gasteiger partial charge < -0.3 is 9.88 Å². The minimum absolute atomic E-state index is 0.188. The van der Waals surface area contributed by atoms with Gasteiger partial charge in [0, 0.05) is 47.9 Å². The number of rotatable bonds is 4. The van der Waals surface area contributed by atoms with Gasteiger partial charge in [-0.15, -0.1) is 0 Å². The fourth-order valence-electron chi connectivity index (χ4n) is 2.64. The Morgan fingerprint density at radius 3 is 2.72 bits per heavy atom. The van der Waals surface area contributed by atoms with Crippen LogP contribution in [0.3, 0.4) is 0 Å². The normalized spacial score (nSPS) is 11.0. The van der Waals surface area contributed by atoms with Crippen molar-refractivity contribution in [3.05, 3.63) is 65.9 Å². The Labute approximate surface area is 145 Å². The molecule has 0 atom stereocenters. The van der Waals surface area contributed by atoms with Gasteiger partial charge in [-0.3, -0.25) is 9.59 Å². The lowest BCUT2D eigenvalue weighted by atomic mass is 10.2. The van der Waals surface area contributed by atoms with Crippen molar-refractivity contribution in [3.63, 3.8) is 0 Å². The number of hydrazone groups is 1. The van der Waals surface area contributed by atoms with Gasteiger partial charge in [-0.1, -0.05) is 24.3 Å². The molecule has 25 heavy (non-hydrogen) atoms. The maximum Gasteiger partial charge on any atom is 0.271 e. The molecule has 6 heteroatoms. The molecule has 2 amide bonds. The molecule has 0 fully saturated rings. The summed E-state index contributed by atoms with van der Waals surface area (Å²) < 4.78 is 2.01. The largest absolute Gasteiger partial charge is 0.350 e. The standard InChI is InChI=1S/C19H18N4O2/c1-13(24)21-16-7-5-6-14(10-16)19(25)22-20-11-15-12-23(2)18-9-4-3-8-17(15)18/h3-12H,1-2H3,(H,21,24)(H,22,25)/b20-11-. The Morgan fingerprint density at radius 1 is 1.12 bits per heavy atom. The summed E-state index contributed by atoms with van der Waals surface area (Å²) >= 11 is 0. The fourth-order valence-corrected chi connectivity index (χ4v) is 2.64. The van der Waals surface area contributed by atoms with Gasteiger partial charge in [-0.05, 0) is 24.3 Å². The Bertz CT molecular complexity index is 972. The highest BCUT2D eigenvalue weighted by atomic mass is 16.2. The molecule has 0 saturated heterocycles. The van der Waals surface area contributed by atoms with Crippen LogP contribution in [0.2, 0.25) is 0 Å². The van der Waals surface area contributed by atoms with Crippen molar-refractivity contribution < 1.29 is 9.59 Å². The molecule has 0 saturated carbocycles. The molecule has 2 aromatic carbocycles. The van der Waals surface area contributed by atoms with Crippen LogP contribution < -0.4 is 10.7 Å². The molecule has 1 heterocycles. The van der Waals surface area contributed by atoms with Crippen LogP contribution in [-0.2, 0) is 11.8 Å². The predicted octanol–water partition coefficient (Wildman–Crippen LogP) is 2.90. The number of fused-ring (bicyclic) bond motifs is 1. The average molecular weight is 334 g/mol. The van der Waals surface area contributed by atoms with Crippen LogP contribution in [0.1, 0.15) is 22.8 Å². The van der Waals surface area contributed by atoms with E-state index in [4.69, 9.17) is 0 Å². The molecule has 0 spiro atoms. The maximum atomic E-state index is 12.2. The van der Waals surface area contributed by atoms with Gasteiger partial charge in [0.1, 0.15) is 0 Å². The lowest BCUT2D eigenvalue weighted by molar-refractivity contribution is -0.114. The summed E-state index contributed by atoms with van der Waals surface area (Å²) in [6.07, 6.45) is 3.58. The third kappa shape index (κ3) is 3.74. The quantitative estimate of drug-likeness (QED) is 0.568. The zero-order chi connectivity index (χ0) is 17.8. The lowest BCUT2D eigenvalue weighted by Gasteiger charge is -2.04. The zero-order valence-corrected chi connectivity index (χ0v) is 14.0. The molecule has 0 bridgehead atoms. The summed E-state index contributed by atoms with van der Waals surface area (Å²) in [4.78, 5) is 23.3. The zero-order valence-electron chi connectivity index (χ0n) is 14.0. The van der Waals surface area contributed by atoms with Crippen LogP contribution in [0, 0.1) is 0 Å². The van der Waals surface area contributed by atoms with Gasteiger partial charge >= 0.3 is 0 Å². The second-order valence-electron chi connectivity index (χ2n) is 5.67. The number of benzene rings is 2. The van der Waals surface area contributed by atoms with Gasteiger partial charge in [0.25, 0.3) is 5.91 Å². The first kappa shape index (κ1) is 16.4. The van der Waals surface area contributed by atoms with Crippen molar-refractivity contribution >= 4 is 34.6 Å². The Morgan fingerprint density at radius 2 is 1.92 bits per heavy atom. The molecule has 0 aliphatic heterocycles. The van der Waals surface area contributed by atoms with E-state index in [1.165, 1.54) is 6.92 Å². The summed E-state index contributed by atoms with van der Waals surface area (Å²) in [5.41, 5.74) is 5.51. The molecule has 0 aliphatic carbocycles. The summed E-state index contributed by atoms with van der Waals surface area (Å²) in [5, 5.41) is 7.76. The van der Waals surface area contributed by atoms with Crippen molar-refractivity contribution in [3.8, 4) is 0 Å². The molecule has 2 N–H and O–H groups in total. The number of carbonyl (C=O) groups is 2. The molecular formula is C19H18N4O2. The minimum atomic E-state index is -0.344. The van der Waals surface area contributed by atoms with Crippen molar-refractivity contribution in [2.24, 2.45) is 12.1 Å². The predicted molar refractivity (Wildman–Crippen MR) is 98.7 cm³/mol. The highest BCUT2D eigenvalue weighted by molar-refractivity contribution is 6.01. The second kappa shape index (κ2) is 7.00. The van der Waals surface area contributed by atoms with Gasteiger partial charge in [-0.2, -0.15) is 5.10 Å². The monoisotopic (exact) mass is 334 g/mol. The molecule has 0 unspecified atom stereocenters. The van der Waals surface area contributed by atoms with Crippen molar-refractivity contribution in [1.29, 1.82) is 0 Å². The number of aryl methyl sites for hydroxylation is 1. The number of carbonyl (C=O) groups excluding carboxylic acids is 2. The van der Waals surface area contributed by atoms with Crippen LogP contribution in [-0.4, -0.2) is 22.6 Å². The average Bonchev–Trinajstić information content (AvgIpc) is 2.91. The maximum absolute atomic E-state index is 12.2. The molecule has 0 aliphatic rings. The third-order valence-electron chi connectivity index (χ3n) is 3.74. The highest BCUT2D eigenvalue weighted by Gasteiger charge is 2.07. The molecule has 0 radical (unpaired) electrons. The van der Waals surface area contributed by atoms with Gasteiger partial charge in [0.05, 0.1) is 6.21 Å². The number of nitrogens with one attached hydrogen (secondary N) is 2. The van der Waals surface area contributed by atoms with Gasteiger partial charge in [0.2, 0.25) is 5.91 Å². The SMILES string of the molecule is CC(=O)Nc1cccc(C(=O)N/N=C\c2cn(C)c3ccccc23)c1. The Balaban J connectivity index is 1.73. The second-order valence-corrected chi connectivity index (χ2v) is 5.67. The number of anilines is 1. The number of aromatic nitrogens is 1. The van der Waals surface area contributed by atoms with Crippen molar-refractivity contribution in [2.45, 2.75) is 6.92 Å². The number of amides is 2. The van der Waals surface area contributed by atoms with E-state index in [1.54, 1.807) is 30.5 Å². The number of hydrogen-bond acceptors (Lipinski definition) is 3. The van der Waals surface area contributed by atoms with E-state index in [0.717, 1.165) is 16.5 Å². The van der Waals surface area contributed by atoms with Gasteiger partial charge in [0.15, 0.2) is 0 Å². The molecule has 1 aromatic heterocycles. The van der Waals surface area contributed by atoms with Crippen molar-refractivity contribution in [2.75, 3.05) is 5.32 Å². The minimum Gasteiger partial charge on any atom is -0.350 e. The van der Waals surface area contributed by atoms with E-state index in [1.807, 2.05) is 42.1 Å². The Kier molecular flexibility index (Phi) is 4.61. The van der Waals surface area contributed by atoms with Crippen LogP contribution in [0.5, 0.6) is 0 Å². The fraction of sp³-hybridized carbons (Fsp3) is 0.105. The van der Waals surface area contributed by atoms with Crippen LogP contribution >= 0.6 is 0 Å². The van der Waals surface area contributed by atoms with E-state index in [-0.39, 0.29) is 11.8 Å². The molecule has 6 nitrogen and oxygen atoms in total. The number of para-hydroxylation sites is 1. The number of nitrogens with zero attached hydrogens (tertiary/aromatic N) is 2. The number of hydrogen-bond donors (Lipinski definition) is 2. The summed E-state index contributed by atoms with van der Waals surface area (Å²) in [7, 11) is 1.96. The van der Waals surface area contributed by atoms with E-state index in [9.17, 15) is 9.59 Å². The van der Waals surface area contributed by atoms with E-state index >= 15 is 0 Å². The topological polar surface area (TPSA) is 75.5 Å². The van der Waals surface area contributed by atoms with Crippen LogP contribution in [0.25, 0.3) is 10.9 Å². The smallest absolute Gasteiger partial charge is 0.271 e. The van der Waals surface area contributed by atoms with Crippen molar-refractivity contribution in [1.82, 2.24) is 9.99 Å². The molecular weight excluding hydrogens is 316 g/mol. The highest BCUT2D eigenvalue weighted by Crippen LogP contribution is 2.18. The first-order chi connectivity index (χ1) is 12.0. The van der Waals surface area contributed by atoms with Crippen LogP contribution in [0.15, 0.2) is 59.8 Å². The summed E-state index contributed by atoms with van der Waals surface area (Å²) in [6, 6.07) is 14.7. The van der Waals surface area contributed by atoms with Gasteiger partial charge in [-0.25, -0.2) is 5.43 Å². The molecule has 126 valence electrons. The van der Waals surface area contributed by atoms with Crippen LogP contribution in [0.4, 0.5) is 5.69 Å². The summed E-state index contributed by atoms with van der Waals surface area (Å²) in [5.74, 6) is -0.532. The summed E-state index contributed by atoms with van der Waals surface area (Å²) in [6.45, 7) is 1.42. The molecule has 3 rings (SSSR count). The van der Waals surface area contributed by atoms with E-state index in [2.05, 4.69) is 15.8 Å². The third-order valence-corrected chi connectivity index (χ3v) is 3.74.